The maximum absolute atomic E-state index is 5.00. The Morgan fingerprint density at radius 1 is 1.15 bits per heavy atom. The molecule has 0 aliphatic heterocycles. The van der Waals surface area contributed by atoms with Crippen LogP contribution >= 0.6 is 0 Å². The molecule has 0 aliphatic carbocycles. The Hall–Kier alpha value is -1.86. The minimum atomic E-state index is 0.867. The molecular formula is C12H12O. The van der Waals surface area contributed by atoms with Gasteiger partial charge in [0.2, 0.25) is 0 Å². The maximum Gasteiger partial charge on any atom is 0.118 e. The Morgan fingerprint density at radius 2 is 1.69 bits per heavy atom. The van der Waals surface area contributed by atoms with Crippen molar-refractivity contribution in [3.63, 3.8) is 0 Å². The first-order valence-corrected chi connectivity index (χ1v) is 3.77. The Labute approximate surface area is 79.7 Å². The van der Waals surface area contributed by atoms with Crippen LogP contribution in [-0.4, -0.2) is 7.11 Å². The van der Waals surface area contributed by atoms with Gasteiger partial charge in [0.05, 0.1) is 7.11 Å². The zero-order valence-corrected chi connectivity index (χ0v) is 7.87. The minimum Gasteiger partial charge on any atom is -0.497 e. The number of rotatable bonds is 1. The van der Waals surface area contributed by atoms with Crippen LogP contribution in [0.5, 0.6) is 5.75 Å². The predicted molar refractivity (Wildman–Crippen MR) is 55.4 cm³/mol. The smallest absolute Gasteiger partial charge is 0.118 e. The van der Waals surface area contributed by atoms with Gasteiger partial charge in [-0.05, 0) is 31.2 Å². The number of benzene rings is 1. The molecular weight excluding hydrogens is 160 g/mol. The van der Waals surface area contributed by atoms with E-state index in [-0.39, 0.29) is 0 Å². The average Bonchev–Trinajstić information content (AvgIpc) is 2.23. The third kappa shape index (κ3) is 3.89. The van der Waals surface area contributed by atoms with Crippen LogP contribution in [-0.2, 0) is 0 Å². The van der Waals surface area contributed by atoms with Crippen molar-refractivity contribution >= 4 is 0 Å². The second-order valence-electron chi connectivity index (χ2n) is 2.10. The fraction of sp³-hybridized carbons (Fsp3) is 0.167. The van der Waals surface area contributed by atoms with Gasteiger partial charge in [-0.2, -0.15) is 0 Å². The lowest BCUT2D eigenvalue weighted by molar-refractivity contribution is 0.415. The summed E-state index contributed by atoms with van der Waals surface area (Å²) in [5.41, 5.74) is 1.02. The minimum absolute atomic E-state index is 0.867. The fourth-order valence-electron chi connectivity index (χ4n) is 0.819. The molecule has 0 aromatic heterocycles. The highest BCUT2D eigenvalue weighted by molar-refractivity contribution is 5.37. The van der Waals surface area contributed by atoms with E-state index in [1.807, 2.05) is 31.2 Å². The second-order valence-corrected chi connectivity index (χ2v) is 2.10. The summed E-state index contributed by atoms with van der Waals surface area (Å²) in [6, 6.07) is 7.68. The molecule has 0 saturated carbocycles. The largest absolute Gasteiger partial charge is 0.497 e. The normalized spacial score (nSPS) is 7.08. The molecule has 0 heterocycles. The molecule has 0 N–H and O–H groups in total. The van der Waals surface area contributed by atoms with E-state index >= 15 is 0 Å². The summed E-state index contributed by atoms with van der Waals surface area (Å²) in [6.07, 6.45) is 8.00. The van der Waals surface area contributed by atoms with Gasteiger partial charge in [0.15, 0.2) is 0 Å². The molecule has 66 valence electrons. The van der Waals surface area contributed by atoms with Crippen LogP contribution < -0.4 is 4.74 Å². The average molecular weight is 172 g/mol. The Morgan fingerprint density at radius 3 is 2.08 bits per heavy atom. The van der Waals surface area contributed by atoms with Crippen LogP contribution in [0, 0.1) is 24.7 Å². The summed E-state index contributed by atoms with van der Waals surface area (Å²) in [7, 11) is 1.65. The first-order chi connectivity index (χ1) is 6.36. The predicted octanol–water partition coefficient (Wildman–Crippen LogP) is 2.32. The first-order valence-electron chi connectivity index (χ1n) is 3.77. The quantitative estimate of drug-likeness (QED) is 0.591. The van der Waals surface area contributed by atoms with E-state index in [0.29, 0.717) is 0 Å². The van der Waals surface area contributed by atoms with Gasteiger partial charge >= 0.3 is 0 Å². The van der Waals surface area contributed by atoms with Crippen LogP contribution in [0.25, 0.3) is 0 Å². The molecule has 0 unspecified atom stereocenters. The van der Waals surface area contributed by atoms with Crippen LogP contribution in [0.4, 0.5) is 0 Å². The Balaban J connectivity index is 0.000000671. The summed E-state index contributed by atoms with van der Waals surface area (Å²) in [5, 5.41) is 0. The van der Waals surface area contributed by atoms with Gasteiger partial charge < -0.3 is 4.74 Å². The lowest BCUT2D eigenvalue weighted by Gasteiger charge is -1.96. The van der Waals surface area contributed by atoms with Crippen molar-refractivity contribution < 1.29 is 4.74 Å². The van der Waals surface area contributed by atoms with Crippen molar-refractivity contribution in [3.05, 3.63) is 29.8 Å². The molecule has 0 spiro atoms. The molecule has 1 rings (SSSR count). The van der Waals surface area contributed by atoms with Gasteiger partial charge in [-0.3, -0.25) is 0 Å². The maximum atomic E-state index is 5.00. The lowest BCUT2D eigenvalue weighted by Crippen LogP contribution is -1.81. The number of hydrogen-bond acceptors (Lipinski definition) is 1. The molecule has 0 radical (unpaired) electrons. The first kappa shape index (κ1) is 11.1. The number of terminal acetylenes is 1. The second kappa shape index (κ2) is 6.83. The van der Waals surface area contributed by atoms with E-state index in [0.717, 1.165) is 11.3 Å². The van der Waals surface area contributed by atoms with Crippen molar-refractivity contribution in [1.82, 2.24) is 0 Å². The van der Waals surface area contributed by atoms with Crippen molar-refractivity contribution in [2.24, 2.45) is 0 Å². The summed E-state index contributed by atoms with van der Waals surface area (Å²) >= 11 is 0. The van der Waals surface area contributed by atoms with Crippen molar-refractivity contribution in [1.29, 1.82) is 0 Å². The Kier molecular flexibility index (Phi) is 5.85. The van der Waals surface area contributed by atoms with Crippen LogP contribution in [0.2, 0.25) is 0 Å². The van der Waals surface area contributed by atoms with E-state index in [2.05, 4.69) is 24.7 Å². The molecule has 13 heavy (non-hydrogen) atoms. The van der Waals surface area contributed by atoms with Crippen molar-refractivity contribution in [2.45, 2.75) is 6.92 Å². The van der Waals surface area contributed by atoms with Crippen molar-refractivity contribution in [2.75, 3.05) is 7.11 Å². The van der Waals surface area contributed by atoms with Gasteiger partial charge in [0, 0.05) is 5.56 Å². The van der Waals surface area contributed by atoms with Gasteiger partial charge in [-0.25, -0.2) is 0 Å². The number of hydrogen-bond donors (Lipinski definition) is 0. The SMILES string of the molecule is C#C.CC#Cc1ccc(OC)cc1. The summed E-state index contributed by atoms with van der Waals surface area (Å²) < 4.78 is 5.00. The molecule has 0 amide bonds. The van der Waals surface area contributed by atoms with Crippen LogP contribution in [0.3, 0.4) is 0 Å². The molecule has 1 heteroatoms. The van der Waals surface area contributed by atoms with E-state index in [4.69, 9.17) is 4.74 Å². The third-order valence-corrected chi connectivity index (χ3v) is 1.36. The number of methoxy groups -OCH3 is 1. The number of ether oxygens (including phenoxy) is 1. The zero-order chi connectivity index (χ0) is 10.1. The molecule has 0 saturated heterocycles. The fourth-order valence-corrected chi connectivity index (χ4v) is 0.819. The highest BCUT2D eigenvalue weighted by Crippen LogP contribution is 2.09. The highest BCUT2D eigenvalue weighted by atomic mass is 16.5. The monoisotopic (exact) mass is 172 g/mol. The summed E-state index contributed by atoms with van der Waals surface area (Å²) in [6.45, 7) is 1.82. The molecule has 0 atom stereocenters. The standard InChI is InChI=1S/C10H10O.C2H2/c1-3-4-9-5-7-10(11-2)8-6-9;1-2/h5-8H,1-2H3;1-2H. The van der Waals surface area contributed by atoms with Crippen LogP contribution in [0.1, 0.15) is 12.5 Å². The van der Waals surface area contributed by atoms with Gasteiger partial charge in [-0.1, -0.05) is 5.92 Å². The molecule has 0 bridgehead atoms. The molecule has 1 aromatic carbocycles. The highest BCUT2D eigenvalue weighted by Gasteiger charge is 1.88. The molecule has 0 fully saturated rings. The van der Waals surface area contributed by atoms with E-state index < -0.39 is 0 Å². The Bertz CT molecular complexity index is 308. The topological polar surface area (TPSA) is 9.23 Å². The molecule has 1 aromatic rings. The van der Waals surface area contributed by atoms with E-state index in [9.17, 15) is 0 Å². The molecule has 0 aliphatic rings. The lowest BCUT2D eigenvalue weighted by atomic mass is 10.2. The van der Waals surface area contributed by atoms with E-state index in [1.165, 1.54) is 0 Å². The van der Waals surface area contributed by atoms with Gasteiger partial charge in [0.25, 0.3) is 0 Å². The van der Waals surface area contributed by atoms with Crippen LogP contribution in [0.15, 0.2) is 24.3 Å². The van der Waals surface area contributed by atoms with Gasteiger partial charge in [0.1, 0.15) is 5.75 Å². The summed E-state index contributed by atoms with van der Waals surface area (Å²) in [4.78, 5) is 0. The van der Waals surface area contributed by atoms with Gasteiger partial charge in [-0.15, -0.1) is 18.8 Å². The zero-order valence-electron chi connectivity index (χ0n) is 7.87. The summed E-state index contributed by atoms with van der Waals surface area (Å²) in [5.74, 6) is 6.65. The van der Waals surface area contributed by atoms with E-state index in [1.54, 1.807) is 7.11 Å². The van der Waals surface area contributed by atoms with Crippen molar-refractivity contribution in [3.8, 4) is 30.4 Å². The third-order valence-electron chi connectivity index (χ3n) is 1.36. The molecule has 1 nitrogen and oxygen atoms in total.